The molecule has 0 aliphatic rings. The van der Waals surface area contributed by atoms with E-state index in [-0.39, 0.29) is 11.4 Å². The number of hydrogen-bond acceptors (Lipinski definition) is 6. The Morgan fingerprint density at radius 1 is 1.58 bits per heavy atom. The summed E-state index contributed by atoms with van der Waals surface area (Å²) >= 11 is 0. The van der Waals surface area contributed by atoms with Gasteiger partial charge in [0.1, 0.15) is 17.5 Å². The fraction of sp³-hybridized carbons (Fsp3) is 0.444. The first-order valence-electron chi connectivity index (χ1n) is 5.10. The third-order valence-corrected chi connectivity index (χ3v) is 3.64. The maximum Gasteiger partial charge on any atom is 0.327 e. The van der Waals surface area contributed by atoms with Crippen molar-refractivity contribution in [1.29, 1.82) is 0 Å². The largest absolute Gasteiger partial charge is 0.480 e. The van der Waals surface area contributed by atoms with Crippen LogP contribution in [0.2, 0.25) is 0 Å². The van der Waals surface area contributed by atoms with Gasteiger partial charge in [-0.15, -0.1) is 0 Å². The van der Waals surface area contributed by atoms with E-state index in [4.69, 9.17) is 5.11 Å². The van der Waals surface area contributed by atoms with E-state index in [0.29, 0.717) is 0 Å². The second-order valence-electron chi connectivity index (χ2n) is 3.63. The summed E-state index contributed by atoms with van der Waals surface area (Å²) in [5.74, 6) is -1.88. The third kappa shape index (κ3) is 4.03. The maximum absolute atomic E-state index is 11.8. The third-order valence-electron chi connectivity index (χ3n) is 2.14. The Morgan fingerprint density at radius 3 is 2.74 bits per heavy atom. The van der Waals surface area contributed by atoms with Crippen LogP contribution in [0.15, 0.2) is 17.3 Å². The quantitative estimate of drug-likeness (QED) is 0.630. The van der Waals surface area contributed by atoms with Gasteiger partial charge in [-0.05, 0) is 6.92 Å². The van der Waals surface area contributed by atoms with Crippen LogP contribution in [0.4, 0.5) is 0 Å². The molecular formula is C9H13N3O6S. The zero-order valence-corrected chi connectivity index (χ0v) is 11.0. The molecule has 1 aromatic heterocycles. The Labute approximate surface area is 109 Å². The highest BCUT2D eigenvalue weighted by molar-refractivity contribution is 7.89. The molecule has 1 aromatic rings. The smallest absolute Gasteiger partial charge is 0.327 e. The molecule has 0 amide bonds. The van der Waals surface area contributed by atoms with Gasteiger partial charge in [-0.25, -0.2) is 8.42 Å². The number of esters is 1. The van der Waals surface area contributed by atoms with Crippen LogP contribution < -0.4 is 4.72 Å². The van der Waals surface area contributed by atoms with Crippen molar-refractivity contribution in [2.45, 2.75) is 24.4 Å². The molecule has 0 spiro atoms. The summed E-state index contributed by atoms with van der Waals surface area (Å²) in [7, 11) is -2.80. The van der Waals surface area contributed by atoms with Gasteiger partial charge in [0.15, 0.2) is 0 Å². The van der Waals surface area contributed by atoms with Crippen LogP contribution >= 0.6 is 0 Å². The van der Waals surface area contributed by atoms with Crippen molar-refractivity contribution in [3.63, 3.8) is 0 Å². The number of sulfonamides is 1. The molecule has 0 bridgehead atoms. The van der Waals surface area contributed by atoms with Crippen molar-refractivity contribution in [3.05, 3.63) is 12.4 Å². The monoisotopic (exact) mass is 291 g/mol. The van der Waals surface area contributed by atoms with Crippen LogP contribution in [0.1, 0.15) is 6.92 Å². The first-order valence-corrected chi connectivity index (χ1v) is 6.59. The molecule has 0 unspecified atom stereocenters. The van der Waals surface area contributed by atoms with E-state index in [2.05, 4.69) is 9.84 Å². The predicted octanol–water partition coefficient (Wildman–Crippen LogP) is -1.19. The lowest BCUT2D eigenvalue weighted by Crippen LogP contribution is -2.38. The number of nitrogens with zero attached hydrogens (tertiary/aromatic N) is 2. The molecule has 0 saturated carbocycles. The van der Waals surface area contributed by atoms with Gasteiger partial charge in [0.2, 0.25) is 10.0 Å². The number of carbonyl (C=O) groups is 2. The summed E-state index contributed by atoms with van der Waals surface area (Å²) in [5.41, 5.74) is 0. The van der Waals surface area contributed by atoms with E-state index in [1.54, 1.807) is 0 Å². The van der Waals surface area contributed by atoms with Crippen LogP contribution in [0, 0.1) is 0 Å². The van der Waals surface area contributed by atoms with E-state index in [0.717, 1.165) is 17.1 Å². The van der Waals surface area contributed by atoms with E-state index in [1.807, 2.05) is 4.72 Å². The number of carbonyl (C=O) groups excluding carboxylic acids is 1. The van der Waals surface area contributed by atoms with Gasteiger partial charge in [0.25, 0.3) is 0 Å². The van der Waals surface area contributed by atoms with Gasteiger partial charge in [-0.3, -0.25) is 14.3 Å². The van der Waals surface area contributed by atoms with Crippen molar-refractivity contribution >= 4 is 22.0 Å². The Hall–Kier alpha value is -1.94. The number of carboxylic acids is 1. The molecule has 106 valence electrons. The number of aliphatic carboxylic acids is 1. The molecule has 0 aliphatic heterocycles. The van der Waals surface area contributed by atoms with Gasteiger partial charge in [0.05, 0.1) is 13.3 Å². The number of aromatic nitrogens is 2. The van der Waals surface area contributed by atoms with Crippen molar-refractivity contribution in [2.75, 3.05) is 7.11 Å². The van der Waals surface area contributed by atoms with Crippen molar-refractivity contribution in [1.82, 2.24) is 14.5 Å². The summed E-state index contributed by atoms with van der Waals surface area (Å²) in [5, 5.41) is 12.3. The van der Waals surface area contributed by atoms with Gasteiger partial charge >= 0.3 is 11.9 Å². The van der Waals surface area contributed by atoms with E-state index in [9.17, 15) is 18.0 Å². The lowest BCUT2D eigenvalue weighted by atomic mass is 10.4. The van der Waals surface area contributed by atoms with Crippen LogP contribution in [0.25, 0.3) is 0 Å². The van der Waals surface area contributed by atoms with E-state index < -0.39 is 28.0 Å². The zero-order chi connectivity index (χ0) is 14.6. The molecule has 1 heterocycles. The first kappa shape index (κ1) is 15.1. The van der Waals surface area contributed by atoms with Crippen molar-refractivity contribution < 1.29 is 27.9 Å². The first-order chi connectivity index (χ1) is 8.76. The Bertz CT molecular complexity index is 579. The van der Waals surface area contributed by atoms with Crippen molar-refractivity contribution in [2.24, 2.45) is 0 Å². The molecule has 10 heteroatoms. The molecule has 19 heavy (non-hydrogen) atoms. The lowest BCUT2D eigenvalue weighted by molar-refractivity contribution is -0.141. The highest BCUT2D eigenvalue weighted by Gasteiger charge is 2.23. The second kappa shape index (κ2) is 5.80. The topological polar surface area (TPSA) is 128 Å². The fourth-order valence-corrected chi connectivity index (χ4v) is 2.27. The minimum absolute atomic E-state index is 0.232. The Balaban J connectivity index is 2.85. The summed E-state index contributed by atoms with van der Waals surface area (Å²) in [4.78, 5) is 21.3. The second-order valence-corrected chi connectivity index (χ2v) is 5.34. The average Bonchev–Trinajstić information content (AvgIpc) is 2.77. The molecule has 2 N–H and O–H groups in total. The number of ether oxygens (including phenoxy) is 1. The summed E-state index contributed by atoms with van der Waals surface area (Å²) in [6.07, 6.45) is 2.12. The molecule has 9 nitrogen and oxygen atoms in total. The van der Waals surface area contributed by atoms with Gasteiger partial charge in [-0.1, -0.05) is 0 Å². The zero-order valence-electron chi connectivity index (χ0n) is 10.2. The Morgan fingerprint density at radius 2 is 2.21 bits per heavy atom. The summed E-state index contributed by atoms with van der Waals surface area (Å²) < 4.78 is 31.0. The van der Waals surface area contributed by atoms with Crippen molar-refractivity contribution in [3.8, 4) is 0 Å². The molecule has 0 saturated heterocycles. The Kier molecular flexibility index (Phi) is 4.62. The molecular weight excluding hydrogens is 278 g/mol. The predicted molar refractivity (Wildman–Crippen MR) is 61.7 cm³/mol. The fourth-order valence-electron chi connectivity index (χ4n) is 1.12. The van der Waals surface area contributed by atoms with E-state index in [1.165, 1.54) is 14.0 Å². The van der Waals surface area contributed by atoms with Crippen LogP contribution in [-0.4, -0.2) is 48.4 Å². The molecule has 1 atom stereocenters. The standard InChI is InChI=1S/C9H13N3O6S/c1-6(9(14)15)11-19(16,17)7-3-10-12(4-7)5-8(13)18-2/h3-4,6,11H,5H2,1-2H3,(H,14,15)/t6-/m0/s1. The SMILES string of the molecule is COC(=O)Cn1cc(S(=O)(=O)N[C@@H](C)C(=O)O)cn1. The maximum atomic E-state index is 11.8. The lowest BCUT2D eigenvalue weighted by Gasteiger charge is -2.08. The molecule has 0 aliphatic carbocycles. The van der Waals surface area contributed by atoms with Crippen LogP contribution in [0.5, 0.6) is 0 Å². The van der Waals surface area contributed by atoms with Crippen LogP contribution in [0.3, 0.4) is 0 Å². The minimum atomic E-state index is -3.99. The minimum Gasteiger partial charge on any atom is -0.480 e. The number of rotatable bonds is 6. The highest BCUT2D eigenvalue weighted by Crippen LogP contribution is 2.08. The van der Waals surface area contributed by atoms with Gasteiger partial charge < -0.3 is 9.84 Å². The number of hydrogen-bond donors (Lipinski definition) is 2. The summed E-state index contributed by atoms with van der Waals surface area (Å²) in [6, 6.07) is -1.27. The molecule has 1 rings (SSSR count). The average molecular weight is 291 g/mol. The van der Waals surface area contributed by atoms with Gasteiger partial charge in [0, 0.05) is 6.20 Å². The number of carboxylic acid groups (broad SMARTS) is 1. The van der Waals surface area contributed by atoms with Crippen LogP contribution in [-0.2, 0) is 30.9 Å². The number of nitrogens with one attached hydrogen (secondary N) is 1. The summed E-state index contributed by atoms with van der Waals surface area (Å²) in [6.45, 7) is 0.958. The number of methoxy groups -OCH3 is 1. The molecule has 0 radical (unpaired) electrons. The van der Waals surface area contributed by atoms with E-state index >= 15 is 0 Å². The van der Waals surface area contributed by atoms with Gasteiger partial charge in [-0.2, -0.15) is 9.82 Å². The normalized spacial score (nSPS) is 12.9. The molecule has 0 aromatic carbocycles. The molecule has 0 fully saturated rings. The highest BCUT2D eigenvalue weighted by atomic mass is 32.2.